The Hall–Kier alpha value is -0.610. The van der Waals surface area contributed by atoms with E-state index in [-0.39, 0.29) is 11.5 Å². The summed E-state index contributed by atoms with van der Waals surface area (Å²) >= 11 is 0. The number of nitrogens with two attached hydrogens (primary N) is 1. The summed E-state index contributed by atoms with van der Waals surface area (Å²) in [5, 5.41) is 0. The summed E-state index contributed by atoms with van der Waals surface area (Å²) in [6.45, 7) is 4.34. The van der Waals surface area contributed by atoms with Gasteiger partial charge in [-0.2, -0.15) is 0 Å². The van der Waals surface area contributed by atoms with Crippen LogP contribution in [-0.4, -0.2) is 30.8 Å². The molecule has 1 unspecified atom stereocenters. The predicted octanol–water partition coefficient (Wildman–Crippen LogP) is 1.62. The van der Waals surface area contributed by atoms with Crippen molar-refractivity contribution in [2.24, 2.45) is 5.73 Å². The molecular formula is C12H23NO3. The van der Waals surface area contributed by atoms with Crippen LogP contribution in [0.15, 0.2) is 0 Å². The fraction of sp³-hybridized carbons (Fsp3) is 0.917. The highest BCUT2D eigenvalue weighted by molar-refractivity contribution is 5.74. The zero-order valence-corrected chi connectivity index (χ0v) is 10.3. The Kier molecular flexibility index (Phi) is 5.22. The standard InChI is InChI=1S/C12H23NO3/c1-3-15-11(14)10(2)16-9-12(13)7-5-4-6-8-12/h10H,3-9,13H2,1-2H3. The van der Waals surface area contributed by atoms with Crippen LogP contribution >= 0.6 is 0 Å². The van der Waals surface area contributed by atoms with Crippen molar-refractivity contribution in [3.63, 3.8) is 0 Å². The quantitative estimate of drug-likeness (QED) is 0.728. The van der Waals surface area contributed by atoms with E-state index in [2.05, 4.69) is 0 Å². The number of hydrogen-bond acceptors (Lipinski definition) is 4. The highest BCUT2D eigenvalue weighted by Crippen LogP contribution is 2.26. The first-order valence-corrected chi connectivity index (χ1v) is 6.14. The first-order chi connectivity index (χ1) is 7.57. The molecule has 16 heavy (non-hydrogen) atoms. The van der Waals surface area contributed by atoms with Gasteiger partial charge in [0.15, 0.2) is 6.10 Å². The fourth-order valence-corrected chi connectivity index (χ4v) is 2.02. The predicted molar refractivity (Wildman–Crippen MR) is 62.1 cm³/mol. The molecule has 1 rings (SSSR count). The van der Waals surface area contributed by atoms with Crippen LogP contribution in [0.25, 0.3) is 0 Å². The molecule has 94 valence electrons. The van der Waals surface area contributed by atoms with Gasteiger partial charge in [0.1, 0.15) is 0 Å². The third kappa shape index (κ3) is 4.10. The Morgan fingerprint density at radius 2 is 2.00 bits per heavy atom. The number of carbonyl (C=O) groups is 1. The van der Waals surface area contributed by atoms with E-state index >= 15 is 0 Å². The minimum absolute atomic E-state index is 0.237. The van der Waals surface area contributed by atoms with Crippen molar-refractivity contribution < 1.29 is 14.3 Å². The third-order valence-electron chi connectivity index (χ3n) is 3.09. The Morgan fingerprint density at radius 1 is 1.38 bits per heavy atom. The summed E-state index contributed by atoms with van der Waals surface area (Å²) < 4.78 is 10.4. The van der Waals surface area contributed by atoms with Crippen LogP contribution in [0.3, 0.4) is 0 Å². The Bertz CT molecular complexity index is 224. The summed E-state index contributed by atoms with van der Waals surface area (Å²) in [5.74, 6) is -0.304. The highest BCUT2D eigenvalue weighted by atomic mass is 16.6. The van der Waals surface area contributed by atoms with Crippen molar-refractivity contribution in [1.82, 2.24) is 0 Å². The van der Waals surface area contributed by atoms with Crippen molar-refractivity contribution in [3.05, 3.63) is 0 Å². The molecule has 0 aromatic carbocycles. The first-order valence-electron chi connectivity index (χ1n) is 6.14. The smallest absolute Gasteiger partial charge is 0.334 e. The molecule has 4 nitrogen and oxygen atoms in total. The van der Waals surface area contributed by atoms with Crippen LogP contribution in [0.1, 0.15) is 46.0 Å². The van der Waals surface area contributed by atoms with E-state index in [4.69, 9.17) is 15.2 Å². The summed E-state index contributed by atoms with van der Waals surface area (Å²) in [6, 6.07) is 0. The van der Waals surface area contributed by atoms with Gasteiger partial charge in [-0.3, -0.25) is 0 Å². The molecule has 2 N–H and O–H groups in total. The van der Waals surface area contributed by atoms with Gasteiger partial charge in [-0.05, 0) is 26.7 Å². The molecule has 1 fully saturated rings. The van der Waals surface area contributed by atoms with E-state index in [0.717, 1.165) is 25.7 Å². The molecule has 1 atom stereocenters. The van der Waals surface area contributed by atoms with E-state index in [1.54, 1.807) is 13.8 Å². The summed E-state index contributed by atoms with van der Waals surface area (Å²) in [7, 11) is 0. The fourth-order valence-electron chi connectivity index (χ4n) is 2.02. The normalized spacial score (nSPS) is 21.4. The first kappa shape index (κ1) is 13.5. The molecule has 0 radical (unpaired) electrons. The van der Waals surface area contributed by atoms with Gasteiger partial charge in [0.05, 0.1) is 13.2 Å². The van der Waals surface area contributed by atoms with Crippen molar-refractivity contribution in [2.45, 2.75) is 57.6 Å². The second-order valence-corrected chi connectivity index (χ2v) is 4.63. The number of esters is 1. The topological polar surface area (TPSA) is 61.5 Å². The van der Waals surface area contributed by atoms with Crippen molar-refractivity contribution >= 4 is 5.97 Å². The molecule has 0 aliphatic heterocycles. The zero-order valence-electron chi connectivity index (χ0n) is 10.3. The van der Waals surface area contributed by atoms with E-state index in [9.17, 15) is 4.79 Å². The van der Waals surface area contributed by atoms with Crippen LogP contribution in [0.2, 0.25) is 0 Å². The molecule has 0 aromatic rings. The maximum Gasteiger partial charge on any atom is 0.334 e. The molecule has 0 heterocycles. The monoisotopic (exact) mass is 229 g/mol. The number of hydrogen-bond donors (Lipinski definition) is 1. The molecule has 4 heteroatoms. The van der Waals surface area contributed by atoms with Gasteiger partial charge in [0.2, 0.25) is 0 Å². The van der Waals surface area contributed by atoms with Gasteiger partial charge in [0.25, 0.3) is 0 Å². The van der Waals surface area contributed by atoms with Crippen molar-refractivity contribution in [3.8, 4) is 0 Å². The average Bonchev–Trinajstić information content (AvgIpc) is 2.27. The van der Waals surface area contributed by atoms with E-state index < -0.39 is 6.10 Å². The van der Waals surface area contributed by atoms with E-state index in [1.165, 1.54) is 6.42 Å². The molecule has 0 saturated heterocycles. The minimum Gasteiger partial charge on any atom is -0.464 e. The number of carbonyl (C=O) groups excluding carboxylic acids is 1. The second-order valence-electron chi connectivity index (χ2n) is 4.63. The maximum atomic E-state index is 11.3. The van der Waals surface area contributed by atoms with Crippen LogP contribution in [-0.2, 0) is 14.3 Å². The molecule has 0 bridgehead atoms. The zero-order chi connectivity index (χ0) is 12.0. The van der Waals surface area contributed by atoms with Gasteiger partial charge < -0.3 is 15.2 Å². The van der Waals surface area contributed by atoms with Crippen molar-refractivity contribution in [2.75, 3.05) is 13.2 Å². The van der Waals surface area contributed by atoms with Gasteiger partial charge in [-0.25, -0.2) is 4.79 Å². The highest BCUT2D eigenvalue weighted by Gasteiger charge is 2.29. The van der Waals surface area contributed by atoms with Gasteiger partial charge in [0, 0.05) is 5.54 Å². The largest absolute Gasteiger partial charge is 0.464 e. The van der Waals surface area contributed by atoms with Crippen molar-refractivity contribution in [1.29, 1.82) is 0 Å². The molecule has 0 spiro atoms. The molecule has 0 aromatic heterocycles. The molecule has 1 aliphatic carbocycles. The van der Waals surface area contributed by atoms with Gasteiger partial charge >= 0.3 is 5.97 Å². The number of rotatable bonds is 5. The van der Waals surface area contributed by atoms with Crippen LogP contribution < -0.4 is 5.73 Å². The summed E-state index contributed by atoms with van der Waals surface area (Å²) in [6.07, 6.45) is 5.04. The van der Waals surface area contributed by atoms with Crippen LogP contribution in [0.5, 0.6) is 0 Å². The third-order valence-corrected chi connectivity index (χ3v) is 3.09. The second kappa shape index (κ2) is 6.21. The molecule has 0 amide bonds. The van der Waals surface area contributed by atoms with Crippen LogP contribution in [0.4, 0.5) is 0 Å². The van der Waals surface area contributed by atoms with Gasteiger partial charge in [-0.15, -0.1) is 0 Å². The van der Waals surface area contributed by atoms with Gasteiger partial charge in [-0.1, -0.05) is 19.3 Å². The lowest BCUT2D eigenvalue weighted by Gasteiger charge is -2.33. The molecular weight excluding hydrogens is 206 g/mol. The van der Waals surface area contributed by atoms with Crippen LogP contribution in [0, 0.1) is 0 Å². The average molecular weight is 229 g/mol. The summed E-state index contributed by atoms with van der Waals surface area (Å²) in [4.78, 5) is 11.3. The lowest BCUT2D eigenvalue weighted by Crippen LogP contribution is -2.47. The lowest BCUT2D eigenvalue weighted by atomic mass is 9.83. The van der Waals surface area contributed by atoms with E-state index in [1.807, 2.05) is 0 Å². The maximum absolute atomic E-state index is 11.3. The Balaban J connectivity index is 2.29. The minimum atomic E-state index is -0.512. The Labute approximate surface area is 97.5 Å². The molecule has 1 aliphatic rings. The lowest BCUT2D eigenvalue weighted by molar-refractivity contribution is -0.156. The SMILES string of the molecule is CCOC(=O)C(C)OCC1(N)CCCCC1. The Morgan fingerprint density at radius 3 is 2.56 bits per heavy atom. The molecule has 1 saturated carbocycles. The van der Waals surface area contributed by atoms with E-state index in [0.29, 0.717) is 13.2 Å². The summed E-state index contributed by atoms with van der Waals surface area (Å²) in [5.41, 5.74) is 5.97. The number of ether oxygens (including phenoxy) is 2.